The third kappa shape index (κ3) is 730. The van der Waals surface area contributed by atoms with E-state index in [9.17, 15) is 0 Å². The summed E-state index contributed by atoms with van der Waals surface area (Å²) in [6.45, 7) is 18.6. The van der Waals surface area contributed by atoms with E-state index in [1.165, 1.54) is 172 Å². The molecule has 0 rings (SSSR count). The monoisotopic (exact) mass is 3090 g/mol. The summed E-state index contributed by atoms with van der Waals surface area (Å²) in [6, 6.07) is 0. The molecule has 0 bridgehead atoms. The van der Waals surface area contributed by atoms with Gasteiger partial charge in [0.15, 0.2) is 0 Å². The fraction of sp³-hybridized carbons (Fsp3) is 1.00. The van der Waals surface area contributed by atoms with Gasteiger partial charge in [-0.05, 0) is 0 Å². The second kappa shape index (κ2) is 114. The molecule has 0 heterocycles. The van der Waals surface area contributed by atoms with Crippen molar-refractivity contribution in [2.75, 3.05) is 49.3 Å². The van der Waals surface area contributed by atoms with Gasteiger partial charge < -0.3 is 0 Å². The van der Waals surface area contributed by atoms with E-state index in [-0.39, 0.29) is 31.7 Å². The van der Waals surface area contributed by atoms with Crippen molar-refractivity contribution in [3.8, 4) is 0 Å². The van der Waals surface area contributed by atoms with E-state index in [1.54, 1.807) is 0 Å². The van der Waals surface area contributed by atoms with Crippen molar-refractivity contribution in [1.29, 1.82) is 0 Å². The Morgan fingerprint density at radius 2 is 0.173 bits per heavy atom. The molecule has 82 nitrogen and oxygen atoms in total. The van der Waals surface area contributed by atoms with Gasteiger partial charge in [0.25, 0.3) is 0 Å². The van der Waals surface area contributed by atoms with E-state index in [0.29, 0.717) is 23.4 Å². The zero-order chi connectivity index (χ0) is 128. The van der Waals surface area contributed by atoms with Gasteiger partial charge in [0, 0.05) is 0 Å². The maximum atomic E-state index is 8.49. The molecule has 4 unspecified atom stereocenters. The van der Waals surface area contributed by atoms with E-state index < -0.39 is 205 Å². The van der Waals surface area contributed by atoms with Gasteiger partial charge in [-0.3, -0.25) is 0 Å². The van der Waals surface area contributed by atoms with Crippen molar-refractivity contribution >= 4 is 31.7 Å². The fourth-order valence-corrected chi connectivity index (χ4v) is 23.4. The van der Waals surface area contributed by atoms with Crippen LogP contribution in [0.15, 0.2) is 0 Å². The molecule has 0 radical (unpaired) electrons. The molecule has 0 saturated carbocycles. The molecule has 4 atom stereocenters. The summed E-state index contributed by atoms with van der Waals surface area (Å²) >= 11 is 10.4. The fourth-order valence-electron chi connectivity index (χ4n) is 5.73. The molecule has 0 aliphatic rings. The molecule has 0 spiro atoms. The van der Waals surface area contributed by atoms with Gasteiger partial charge in [-0.2, -0.15) is 0 Å². The summed E-state index contributed by atoms with van der Waals surface area (Å²) in [4.78, 5) is 4.76. The van der Waals surface area contributed by atoms with Gasteiger partial charge in [0.1, 0.15) is 0 Å². The Hall–Kier alpha value is 6.84. The molecule has 0 aromatic rings. The third-order valence-electron chi connectivity index (χ3n) is 9.18. The molecule has 0 aromatic carbocycles. The molecule has 110 heteroatoms. The summed E-state index contributed by atoms with van der Waals surface area (Å²) in [5, 5.41) is 0. The summed E-state index contributed by atoms with van der Waals surface area (Å²) in [6.07, 6.45) is 33.2. The van der Waals surface area contributed by atoms with Crippen LogP contribution in [0.3, 0.4) is 0 Å². The zero-order valence-electron chi connectivity index (χ0n) is 74.4. The first kappa shape index (κ1) is 209. The predicted octanol–water partition coefficient (Wildman–Crippen LogP) is -79.6. The van der Waals surface area contributed by atoms with E-state index in [4.69, 9.17) is 382 Å². The number of unbranched alkanes of at least 4 members (excludes halogenated alkanes) is 8. The second-order valence-electron chi connectivity index (χ2n) is 21.2. The maximum Gasteiger partial charge on any atom is -0.112 e. The van der Waals surface area contributed by atoms with E-state index >= 15 is 0 Å². The van der Waals surface area contributed by atoms with Crippen molar-refractivity contribution < 1.29 is 663 Å². The van der Waals surface area contributed by atoms with Gasteiger partial charge in [0.05, 0.1) is 0 Å². The third-order valence-corrected chi connectivity index (χ3v) is 25.9. The molecule has 0 N–H and O–H groups in total. The van der Waals surface area contributed by atoms with Crippen LogP contribution in [0, 0.1) is 205 Å². The molecule has 0 saturated heterocycles. The number of hydrogen-bond acceptors (Lipinski definition) is 82. The van der Waals surface area contributed by atoms with Crippen LogP contribution in [-0.4, -0.2) is 72.7 Å². The Kier molecular flexibility index (Phi) is 160. The number of hydrogen-bond donors (Lipinski definition) is 0. The molecule has 924 valence electrons. The van der Waals surface area contributed by atoms with Gasteiger partial charge in [-0.25, -0.2) is 373 Å². The van der Waals surface area contributed by atoms with Crippen molar-refractivity contribution in [3.63, 3.8) is 0 Å². The predicted molar refractivity (Wildman–Crippen MR) is 222 cm³/mol. The first-order chi connectivity index (χ1) is 64.4. The van der Waals surface area contributed by atoms with Crippen LogP contribution in [0.25, 0.3) is 0 Å². The second-order valence-corrected chi connectivity index (χ2v) is 50.0. The number of ether oxygens (including phenoxy) is 2. The Balaban J connectivity index is -0.0000000599. The Morgan fingerprint density at radius 3 is 0.207 bits per heavy atom. The molecular weight excluding hydrogens is 3020 g/mol. The van der Waals surface area contributed by atoms with E-state index in [0.717, 1.165) is 0 Å². The van der Waals surface area contributed by atoms with Crippen LogP contribution in [0.5, 0.6) is 0 Å². The maximum absolute atomic E-state index is 8.49. The topological polar surface area (TPSA) is 1860 Å². The van der Waals surface area contributed by atoms with Crippen LogP contribution in [0.4, 0.5) is 0 Å². The molecule has 0 amide bonds. The van der Waals surface area contributed by atoms with Crippen LogP contribution in [0.2, 0.25) is 19.7 Å². The summed E-state index contributed by atoms with van der Waals surface area (Å²) in [5.74, 6) is 2.17. The van der Waals surface area contributed by atoms with E-state index in [1.807, 2.05) is 0 Å². The summed E-state index contributed by atoms with van der Waals surface area (Å²) < 4.78 is 693. The van der Waals surface area contributed by atoms with Gasteiger partial charge in [-0.1, -0.05) is 0 Å². The Labute approximate surface area is 936 Å². The Bertz CT molecular complexity index is 1870. The zero-order valence-corrected chi connectivity index (χ0v) is 101. The number of rotatable bonds is 36. The Morgan fingerprint density at radius 1 is 0.127 bits per heavy atom. The van der Waals surface area contributed by atoms with Crippen LogP contribution in [-0.2, 0) is 85.1 Å². The molecule has 0 aliphatic carbocycles. The molecular formula is C40H84Cl20O82P4Tc4. The average Bonchev–Trinajstić information content (AvgIpc) is 0.879. The van der Waals surface area contributed by atoms with Gasteiger partial charge in [-0.15, -0.1) is 205 Å². The van der Waals surface area contributed by atoms with Crippen LogP contribution in [0.1, 0.15) is 158 Å². The average molecular weight is 3100 g/mol. The first-order valence-corrected chi connectivity index (χ1v) is 70.3. The van der Waals surface area contributed by atoms with Crippen molar-refractivity contribution in [1.82, 2.24) is 0 Å². The van der Waals surface area contributed by atoms with Crippen LogP contribution < -0.4 is 373 Å². The van der Waals surface area contributed by atoms with Gasteiger partial charge >= 0.3 is 367 Å². The first-order valence-electron chi connectivity index (χ1n) is 33.2. The minimum atomic E-state index is -4.94. The van der Waals surface area contributed by atoms with Crippen molar-refractivity contribution in [2.45, 2.75) is 201 Å². The smallest absolute Gasteiger partial charge is 0.112 e. The molecule has 0 aliphatic heterocycles. The van der Waals surface area contributed by atoms with E-state index in [2.05, 4.69) is 131 Å². The van der Waals surface area contributed by atoms with Crippen molar-refractivity contribution in [2.24, 2.45) is 0 Å². The minimum absolute atomic E-state index is 0.0526. The van der Waals surface area contributed by atoms with Crippen molar-refractivity contribution in [3.05, 3.63) is 0 Å². The standard InChI is InChI=1S/2C20H42OP2.20ClHO4.4Tc/c2*1-7-11-15-22(16-12-8-2)19(5)21-20(6)23(17-13-9-3)18-14-10-4;20*2-1(3,4)5;;;;/h2*19-20H,5-18H2,1-4H3;20*(H,2,3,4,5);;;;/q;;;;;;;;;;;;;;;;;;;;;;4*+5/p-20. The largest absolute Gasteiger partial charge is 0.222 e. The molecule has 0 aromatic heterocycles. The molecule has 0 fully saturated rings. The van der Waals surface area contributed by atoms with Gasteiger partial charge in [0.2, 0.25) is 0 Å². The van der Waals surface area contributed by atoms with Crippen LogP contribution >= 0.6 is 31.7 Å². The quantitative estimate of drug-likeness (QED) is 0.0526. The SMILES string of the molecule is CCCCP(CCCC)C([CH2][Tc+5])OC([CH2][Tc+5])P(CCCC)CCCC.CCCCP(CCCC)C([CH2][Tc+5])OC([CH2][Tc+5])P(CCCC)CCCC.[O-][Cl+3]([O-])([O-])[O-].[O-][Cl+3]([O-])([O-])[O-].[O-][Cl+3]([O-])([O-])[O-].[O-][Cl+3]([O-])([O-])[O-].[O-][Cl+3]([O-])([O-])[O-].[O-][Cl+3]([O-])([O-])[O-].[O-][Cl+3]([O-])([O-])[O-].[O-][Cl+3]([O-])([O-])[O-].[O-][Cl+3]([O-])([O-])[O-].[O-][Cl+3]([O-])([O-])[O-].[O-][Cl+3]([O-])([O-])[O-].[O-][Cl+3]([O-])([O-])[O-].[O-][Cl+3]([O-])([O-])[O-].[O-][Cl+3]([O-])([O-])[O-].[O-][Cl+3]([O-])([O-])[O-].[O-][Cl+3]([O-])([O-])[O-].[O-][Cl+3]([O-])([O-])[O-].[O-][Cl+3]([O-])([O-])[O-].[O-][Cl+3]([O-])([O-])[O-].[O-][Cl+3]([O-])([O-])[O-]. The molecule has 150 heavy (non-hydrogen) atoms. The summed E-state index contributed by atoms with van der Waals surface area (Å²) in [7, 11) is -98.7. The number of halogens is 20. The normalized spacial score (nSPS) is 12.8. The minimum Gasteiger partial charge on any atom is -0.222 e. The summed E-state index contributed by atoms with van der Waals surface area (Å²) in [5.41, 5.74) is 0.